The Bertz CT molecular complexity index is 722. The maximum absolute atomic E-state index is 12.3. The fraction of sp³-hybridized carbons (Fsp3) is 0.118. The van der Waals surface area contributed by atoms with E-state index in [2.05, 4.69) is 0 Å². The molecule has 2 aromatic carbocycles. The summed E-state index contributed by atoms with van der Waals surface area (Å²) in [4.78, 5) is 22.4. The average molecular weight is 313 g/mol. The second-order valence-corrected chi connectivity index (χ2v) is 4.59. The molecule has 0 spiro atoms. The monoisotopic (exact) mass is 313 g/mol. The quantitative estimate of drug-likeness (QED) is 0.257. The van der Waals surface area contributed by atoms with E-state index in [9.17, 15) is 14.9 Å². The van der Waals surface area contributed by atoms with Gasteiger partial charge >= 0.3 is 0 Å². The Labute approximate surface area is 133 Å². The van der Waals surface area contributed by atoms with Crippen LogP contribution in [0, 0.1) is 10.1 Å². The molecule has 0 saturated heterocycles. The van der Waals surface area contributed by atoms with Crippen LogP contribution in [0.25, 0.3) is 6.08 Å². The number of nitrogens with zero attached hydrogens (tertiary/aromatic N) is 1. The Morgan fingerprint density at radius 2 is 1.87 bits per heavy atom. The predicted molar refractivity (Wildman–Crippen MR) is 85.4 cm³/mol. The van der Waals surface area contributed by atoms with Gasteiger partial charge in [-0.15, -0.1) is 0 Å². The van der Waals surface area contributed by atoms with Gasteiger partial charge in [-0.1, -0.05) is 18.2 Å². The Hall–Kier alpha value is -2.99. The highest BCUT2D eigenvalue weighted by Gasteiger charge is 2.09. The van der Waals surface area contributed by atoms with Gasteiger partial charge in [-0.25, -0.2) is 0 Å². The number of carbonyl (C=O) groups excluding carboxylic acids is 1. The molecule has 0 heterocycles. The summed E-state index contributed by atoms with van der Waals surface area (Å²) in [5, 5.41) is 10.6. The van der Waals surface area contributed by atoms with Gasteiger partial charge < -0.3 is 9.47 Å². The van der Waals surface area contributed by atoms with Crippen molar-refractivity contribution in [3.8, 4) is 5.75 Å². The number of carbonyl (C=O) groups is 1. The molecular weight excluding hydrogens is 298 g/mol. The van der Waals surface area contributed by atoms with E-state index in [1.54, 1.807) is 42.5 Å². The van der Waals surface area contributed by atoms with E-state index in [0.29, 0.717) is 16.9 Å². The number of hydrogen-bond acceptors (Lipinski definition) is 5. The van der Waals surface area contributed by atoms with E-state index in [0.717, 1.165) is 0 Å². The molecule has 118 valence electrons. The lowest BCUT2D eigenvalue weighted by atomic mass is 10.1. The van der Waals surface area contributed by atoms with Gasteiger partial charge in [0.2, 0.25) is 0 Å². The number of allylic oxidation sites excluding steroid dienone is 1. The lowest BCUT2D eigenvalue weighted by Crippen LogP contribution is -2.04. The largest absolute Gasteiger partial charge is 0.467 e. The fourth-order valence-corrected chi connectivity index (χ4v) is 1.89. The molecule has 23 heavy (non-hydrogen) atoms. The minimum absolute atomic E-state index is 0.00628. The van der Waals surface area contributed by atoms with E-state index in [1.165, 1.54) is 25.3 Å². The molecule has 2 rings (SSSR count). The van der Waals surface area contributed by atoms with Crippen LogP contribution >= 0.6 is 0 Å². The summed E-state index contributed by atoms with van der Waals surface area (Å²) in [5.74, 6) is 0.211. The normalized spacial score (nSPS) is 10.7. The number of nitro groups is 1. The highest BCUT2D eigenvalue weighted by Crippen LogP contribution is 2.20. The van der Waals surface area contributed by atoms with Gasteiger partial charge in [0.25, 0.3) is 5.69 Å². The van der Waals surface area contributed by atoms with Crippen molar-refractivity contribution in [2.75, 3.05) is 13.9 Å². The van der Waals surface area contributed by atoms with E-state index < -0.39 is 4.92 Å². The molecular formula is C17H15NO5. The van der Waals surface area contributed by atoms with Gasteiger partial charge in [0.1, 0.15) is 5.75 Å². The van der Waals surface area contributed by atoms with Crippen molar-refractivity contribution < 1.29 is 19.2 Å². The number of ether oxygens (including phenoxy) is 2. The smallest absolute Gasteiger partial charge is 0.269 e. The average Bonchev–Trinajstić information content (AvgIpc) is 2.58. The summed E-state index contributed by atoms with van der Waals surface area (Å²) < 4.78 is 10.2. The standard InChI is InChI=1S/C17H15NO5/c1-22-12-23-17-5-3-2-4-15(17)16(19)11-8-13-6-9-14(10-7-13)18(20)21/h2-11H,12H2,1H3/b11-8-. The SMILES string of the molecule is COCOc1ccccc1C(=O)/C=C\c1ccc([N+](=O)[O-])cc1. The molecule has 0 aromatic heterocycles. The first-order valence-corrected chi connectivity index (χ1v) is 6.79. The number of para-hydroxylation sites is 1. The van der Waals surface area contributed by atoms with Crippen LogP contribution in [0.2, 0.25) is 0 Å². The maximum atomic E-state index is 12.3. The van der Waals surface area contributed by atoms with Gasteiger partial charge in [-0.3, -0.25) is 14.9 Å². The van der Waals surface area contributed by atoms with Crippen LogP contribution in [0.3, 0.4) is 0 Å². The van der Waals surface area contributed by atoms with Gasteiger partial charge in [-0.05, 0) is 35.9 Å². The van der Waals surface area contributed by atoms with Gasteiger partial charge in [0.15, 0.2) is 12.6 Å². The third-order valence-corrected chi connectivity index (χ3v) is 3.02. The van der Waals surface area contributed by atoms with E-state index in [1.807, 2.05) is 0 Å². The van der Waals surface area contributed by atoms with Crippen molar-refractivity contribution in [1.29, 1.82) is 0 Å². The second kappa shape index (κ2) is 7.86. The summed E-state index contributed by atoms with van der Waals surface area (Å²) in [6.07, 6.45) is 3.00. The molecule has 0 N–H and O–H groups in total. The number of benzene rings is 2. The van der Waals surface area contributed by atoms with Gasteiger partial charge in [0.05, 0.1) is 10.5 Å². The zero-order chi connectivity index (χ0) is 16.7. The van der Waals surface area contributed by atoms with Crippen molar-refractivity contribution in [2.24, 2.45) is 0 Å². The highest BCUT2D eigenvalue weighted by molar-refractivity contribution is 6.08. The Morgan fingerprint density at radius 3 is 2.52 bits per heavy atom. The minimum Gasteiger partial charge on any atom is -0.467 e. The number of non-ortho nitro benzene ring substituents is 1. The Kier molecular flexibility index (Phi) is 5.60. The van der Waals surface area contributed by atoms with E-state index >= 15 is 0 Å². The number of methoxy groups -OCH3 is 1. The second-order valence-electron chi connectivity index (χ2n) is 4.59. The third-order valence-electron chi connectivity index (χ3n) is 3.02. The number of nitro benzene ring substituents is 1. The molecule has 0 unspecified atom stereocenters. The van der Waals surface area contributed by atoms with Crippen LogP contribution in [-0.4, -0.2) is 24.6 Å². The Balaban J connectivity index is 2.13. The van der Waals surface area contributed by atoms with Crippen LogP contribution in [-0.2, 0) is 4.74 Å². The lowest BCUT2D eigenvalue weighted by molar-refractivity contribution is -0.384. The molecule has 0 bridgehead atoms. The molecule has 2 aromatic rings. The zero-order valence-electron chi connectivity index (χ0n) is 12.5. The molecule has 0 aliphatic carbocycles. The zero-order valence-corrected chi connectivity index (χ0v) is 12.5. The summed E-state index contributed by atoms with van der Waals surface area (Å²) in [7, 11) is 1.50. The molecule has 0 atom stereocenters. The summed E-state index contributed by atoms with van der Waals surface area (Å²) >= 11 is 0. The highest BCUT2D eigenvalue weighted by atomic mass is 16.7. The van der Waals surface area contributed by atoms with Crippen molar-refractivity contribution in [3.63, 3.8) is 0 Å². The molecule has 0 aliphatic heterocycles. The summed E-state index contributed by atoms with van der Waals surface area (Å²) in [6, 6.07) is 12.8. The maximum Gasteiger partial charge on any atom is 0.269 e. The minimum atomic E-state index is -0.470. The summed E-state index contributed by atoms with van der Waals surface area (Å²) in [5.41, 5.74) is 1.12. The van der Waals surface area contributed by atoms with Crippen LogP contribution < -0.4 is 4.74 Å². The van der Waals surface area contributed by atoms with Crippen molar-refractivity contribution in [2.45, 2.75) is 0 Å². The topological polar surface area (TPSA) is 78.7 Å². The van der Waals surface area contributed by atoms with Crippen LogP contribution in [0.1, 0.15) is 15.9 Å². The van der Waals surface area contributed by atoms with Crippen LogP contribution in [0.15, 0.2) is 54.6 Å². The van der Waals surface area contributed by atoms with E-state index in [4.69, 9.17) is 9.47 Å². The van der Waals surface area contributed by atoms with Gasteiger partial charge in [-0.2, -0.15) is 0 Å². The van der Waals surface area contributed by atoms with Crippen molar-refractivity contribution in [1.82, 2.24) is 0 Å². The van der Waals surface area contributed by atoms with Gasteiger partial charge in [0, 0.05) is 19.2 Å². The third kappa shape index (κ3) is 4.49. The first kappa shape index (κ1) is 16.4. The van der Waals surface area contributed by atoms with E-state index in [-0.39, 0.29) is 18.3 Å². The Morgan fingerprint density at radius 1 is 1.17 bits per heavy atom. The molecule has 0 radical (unpaired) electrons. The lowest BCUT2D eigenvalue weighted by Gasteiger charge is -2.08. The number of ketones is 1. The molecule has 0 aliphatic rings. The summed E-state index contributed by atoms with van der Waals surface area (Å²) in [6.45, 7) is 0.0519. The molecule has 0 amide bonds. The van der Waals surface area contributed by atoms with Crippen molar-refractivity contribution in [3.05, 3.63) is 75.8 Å². The fourth-order valence-electron chi connectivity index (χ4n) is 1.89. The van der Waals surface area contributed by atoms with Crippen LogP contribution in [0.4, 0.5) is 5.69 Å². The predicted octanol–water partition coefficient (Wildman–Crippen LogP) is 3.47. The molecule has 0 fully saturated rings. The molecule has 6 heteroatoms. The number of rotatable bonds is 7. The molecule has 6 nitrogen and oxygen atoms in total. The van der Waals surface area contributed by atoms with Crippen LogP contribution in [0.5, 0.6) is 5.75 Å². The van der Waals surface area contributed by atoms with Crippen molar-refractivity contribution >= 4 is 17.5 Å². The first-order chi connectivity index (χ1) is 11.1. The number of hydrogen-bond donors (Lipinski definition) is 0. The first-order valence-electron chi connectivity index (χ1n) is 6.79. The molecule has 0 saturated carbocycles.